The molecule has 0 N–H and O–H groups in total. The van der Waals surface area contributed by atoms with Crippen molar-refractivity contribution in [1.82, 2.24) is 4.90 Å². The van der Waals surface area contributed by atoms with Crippen molar-refractivity contribution in [3.8, 4) is 0 Å². The van der Waals surface area contributed by atoms with E-state index in [2.05, 4.69) is 72.5 Å². The SMILES string of the molecule is CCc1cccc(C2=CC3CCCC(C2)N3Cc2ccccc2)c1. The van der Waals surface area contributed by atoms with Crippen molar-refractivity contribution in [3.63, 3.8) is 0 Å². The second kappa shape index (κ2) is 6.94. The Hall–Kier alpha value is -1.86. The van der Waals surface area contributed by atoms with E-state index in [0.717, 1.165) is 13.0 Å². The number of hydrogen-bond donors (Lipinski definition) is 0. The van der Waals surface area contributed by atoms with Gasteiger partial charge in [0.05, 0.1) is 0 Å². The summed E-state index contributed by atoms with van der Waals surface area (Å²) in [4.78, 5) is 2.74. The van der Waals surface area contributed by atoms with Crippen LogP contribution in [0.15, 0.2) is 60.7 Å². The third-order valence-corrected chi connectivity index (χ3v) is 5.70. The number of aryl methyl sites for hydroxylation is 1. The summed E-state index contributed by atoms with van der Waals surface area (Å²) < 4.78 is 0. The average molecular weight is 317 g/mol. The Bertz CT molecular complexity index is 716. The fourth-order valence-corrected chi connectivity index (χ4v) is 4.36. The third kappa shape index (κ3) is 3.18. The first-order valence-electron chi connectivity index (χ1n) is 9.43. The molecule has 0 aromatic heterocycles. The van der Waals surface area contributed by atoms with Crippen LogP contribution in [0.1, 0.15) is 49.3 Å². The van der Waals surface area contributed by atoms with Gasteiger partial charge in [-0.2, -0.15) is 0 Å². The van der Waals surface area contributed by atoms with Crippen molar-refractivity contribution in [1.29, 1.82) is 0 Å². The lowest BCUT2D eigenvalue weighted by molar-refractivity contribution is 0.0951. The zero-order chi connectivity index (χ0) is 16.4. The Morgan fingerprint density at radius 2 is 1.79 bits per heavy atom. The van der Waals surface area contributed by atoms with Gasteiger partial charge in [0.25, 0.3) is 0 Å². The van der Waals surface area contributed by atoms with Crippen LogP contribution in [0.25, 0.3) is 5.57 Å². The third-order valence-electron chi connectivity index (χ3n) is 5.70. The minimum absolute atomic E-state index is 0.609. The Morgan fingerprint density at radius 1 is 0.958 bits per heavy atom. The maximum atomic E-state index is 2.74. The molecule has 0 amide bonds. The van der Waals surface area contributed by atoms with Gasteiger partial charge in [0.1, 0.15) is 0 Å². The topological polar surface area (TPSA) is 3.24 Å². The van der Waals surface area contributed by atoms with Gasteiger partial charge < -0.3 is 0 Å². The summed E-state index contributed by atoms with van der Waals surface area (Å²) in [5, 5.41) is 0. The van der Waals surface area contributed by atoms with E-state index in [-0.39, 0.29) is 0 Å². The van der Waals surface area contributed by atoms with Crippen molar-refractivity contribution in [2.24, 2.45) is 0 Å². The Morgan fingerprint density at radius 3 is 2.58 bits per heavy atom. The number of rotatable bonds is 4. The maximum absolute atomic E-state index is 2.74. The van der Waals surface area contributed by atoms with Crippen LogP contribution in [-0.2, 0) is 13.0 Å². The van der Waals surface area contributed by atoms with Gasteiger partial charge in [-0.05, 0) is 47.9 Å². The first-order chi connectivity index (χ1) is 11.8. The van der Waals surface area contributed by atoms with Crippen LogP contribution in [-0.4, -0.2) is 17.0 Å². The van der Waals surface area contributed by atoms with Crippen LogP contribution in [0.4, 0.5) is 0 Å². The first kappa shape index (κ1) is 15.7. The monoisotopic (exact) mass is 317 g/mol. The number of hydrogen-bond acceptors (Lipinski definition) is 1. The molecule has 2 aromatic rings. The van der Waals surface area contributed by atoms with Crippen molar-refractivity contribution < 1.29 is 0 Å². The van der Waals surface area contributed by atoms with Crippen molar-refractivity contribution in [2.45, 2.75) is 57.7 Å². The quantitative estimate of drug-likeness (QED) is 0.724. The lowest BCUT2D eigenvalue weighted by Gasteiger charge is -2.45. The predicted octanol–water partition coefficient (Wildman–Crippen LogP) is 5.46. The van der Waals surface area contributed by atoms with Crippen LogP contribution in [0.3, 0.4) is 0 Å². The molecular formula is C23H27N. The summed E-state index contributed by atoms with van der Waals surface area (Å²) in [5.74, 6) is 0. The van der Waals surface area contributed by atoms with E-state index in [1.54, 1.807) is 5.57 Å². The molecule has 2 heterocycles. The van der Waals surface area contributed by atoms with E-state index < -0.39 is 0 Å². The van der Waals surface area contributed by atoms with Gasteiger partial charge >= 0.3 is 0 Å². The van der Waals surface area contributed by atoms with Gasteiger partial charge in [0, 0.05) is 18.6 Å². The summed E-state index contributed by atoms with van der Waals surface area (Å²) in [7, 11) is 0. The standard InChI is InChI=1S/C23H27N/c1-2-18-10-6-11-20(14-18)21-15-22-12-7-13-23(16-21)24(22)17-19-8-4-3-5-9-19/h3-6,8-11,14-15,22-23H,2,7,12-13,16-17H2,1H3. The molecule has 0 spiro atoms. The molecule has 2 unspecified atom stereocenters. The minimum Gasteiger partial charge on any atom is -0.289 e. The Labute approximate surface area is 146 Å². The van der Waals surface area contributed by atoms with E-state index in [0.29, 0.717) is 12.1 Å². The van der Waals surface area contributed by atoms with Crippen LogP contribution < -0.4 is 0 Å². The van der Waals surface area contributed by atoms with E-state index >= 15 is 0 Å². The zero-order valence-corrected chi connectivity index (χ0v) is 14.6. The summed E-state index contributed by atoms with van der Waals surface area (Å²) >= 11 is 0. The van der Waals surface area contributed by atoms with E-state index in [9.17, 15) is 0 Å². The van der Waals surface area contributed by atoms with Gasteiger partial charge in [-0.3, -0.25) is 4.90 Å². The van der Waals surface area contributed by atoms with Crippen LogP contribution in [0.2, 0.25) is 0 Å². The molecule has 2 aliphatic rings. The lowest BCUT2D eigenvalue weighted by Crippen LogP contribution is -2.47. The zero-order valence-electron chi connectivity index (χ0n) is 14.6. The molecule has 2 aromatic carbocycles. The van der Waals surface area contributed by atoms with Gasteiger partial charge in [-0.1, -0.05) is 74.0 Å². The minimum atomic E-state index is 0.609. The first-order valence-corrected chi connectivity index (χ1v) is 9.43. The van der Waals surface area contributed by atoms with Crippen molar-refractivity contribution in [3.05, 3.63) is 77.4 Å². The molecule has 1 nitrogen and oxygen atoms in total. The normalized spacial score (nSPS) is 23.8. The molecule has 124 valence electrons. The molecule has 2 aliphatic heterocycles. The van der Waals surface area contributed by atoms with E-state index in [4.69, 9.17) is 0 Å². The van der Waals surface area contributed by atoms with Crippen LogP contribution in [0, 0.1) is 0 Å². The summed E-state index contributed by atoms with van der Waals surface area (Å²) in [5.41, 5.74) is 5.92. The highest BCUT2D eigenvalue weighted by Gasteiger charge is 2.33. The predicted molar refractivity (Wildman–Crippen MR) is 102 cm³/mol. The molecular weight excluding hydrogens is 290 g/mol. The second-order valence-corrected chi connectivity index (χ2v) is 7.26. The maximum Gasteiger partial charge on any atom is 0.0290 e. The molecule has 4 rings (SSSR count). The fraction of sp³-hybridized carbons (Fsp3) is 0.391. The molecule has 0 radical (unpaired) electrons. The molecule has 0 saturated carbocycles. The Kier molecular flexibility index (Phi) is 4.53. The average Bonchev–Trinajstić information content (AvgIpc) is 2.62. The highest BCUT2D eigenvalue weighted by Crippen LogP contribution is 2.38. The van der Waals surface area contributed by atoms with Crippen molar-refractivity contribution >= 4 is 5.57 Å². The second-order valence-electron chi connectivity index (χ2n) is 7.26. The number of benzene rings is 2. The summed E-state index contributed by atoms with van der Waals surface area (Å²) in [6, 6.07) is 21.4. The number of fused-ring (bicyclic) bond motifs is 2. The molecule has 2 bridgehead atoms. The molecule has 1 heteroatoms. The highest BCUT2D eigenvalue weighted by molar-refractivity contribution is 5.68. The number of piperidine rings is 1. The number of nitrogens with zero attached hydrogens (tertiary/aromatic N) is 1. The summed E-state index contributed by atoms with van der Waals surface area (Å²) in [6.07, 6.45) is 8.91. The van der Waals surface area contributed by atoms with Gasteiger partial charge in [-0.25, -0.2) is 0 Å². The largest absolute Gasteiger partial charge is 0.289 e. The van der Waals surface area contributed by atoms with Crippen molar-refractivity contribution in [2.75, 3.05) is 0 Å². The van der Waals surface area contributed by atoms with Crippen LogP contribution >= 0.6 is 0 Å². The smallest absolute Gasteiger partial charge is 0.0290 e. The fourth-order valence-electron chi connectivity index (χ4n) is 4.36. The van der Waals surface area contributed by atoms with E-state index in [1.807, 2.05) is 0 Å². The molecule has 2 atom stereocenters. The van der Waals surface area contributed by atoms with Gasteiger partial charge in [0.15, 0.2) is 0 Å². The summed E-state index contributed by atoms with van der Waals surface area (Å²) in [6.45, 7) is 3.33. The molecule has 1 saturated heterocycles. The van der Waals surface area contributed by atoms with Gasteiger partial charge in [-0.15, -0.1) is 0 Å². The molecule has 0 aliphatic carbocycles. The molecule has 1 fully saturated rings. The lowest BCUT2D eigenvalue weighted by atomic mass is 9.82. The Balaban J connectivity index is 1.59. The van der Waals surface area contributed by atoms with Crippen LogP contribution in [0.5, 0.6) is 0 Å². The molecule has 24 heavy (non-hydrogen) atoms. The van der Waals surface area contributed by atoms with Gasteiger partial charge in [0.2, 0.25) is 0 Å². The highest BCUT2D eigenvalue weighted by atomic mass is 15.2. The van der Waals surface area contributed by atoms with E-state index in [1.165, 1.54) is 42.4 Å².